The number of aryl methyl sites for hydroxylation is 1. The molecule has 5 heteroatoms. The average Bonchev–Trinajstić information content (AvgIpc) is 3.25. The normalized spacial score (nSPS) is 16.1. The van der Waals surface area contributed by atoms with Gasteiger partial charge in [0.25, 0.3) is 5.91 Å². The number of nitrogens with zero attached hydrogens (tertiary/aromatic N) is 3. The third-order valence-electron chi connectivity index (χ3n) is 4.21. The molecule has 0 fully saturated rings. The number of carbonyl (C=O) groups excluding carboxylic acids is 1. The molecule has 0 saturated heterocycles. The van der Waals surface area contributed by atoms with Crippen LogP contribution in [0.1, 0.15) is 33.9 Å². The highest BCUT2D eigenvalue weighted by Crippen LogP contribution is 2.30. The number of aromatic nitrogens is 3. The van der Waals surface area contributed by atoms with Crippen LogP contribution >= 0.6 is 0 Å². The van der Waals surface area contributed by atoms with Crippen molar-refractivity contribution >= 4 is 5.91 Å². The summed E-state index contributed by atoms with van der Waals surface area (Å²) in [6.07, 6.45) is 8.76. The lowest BCUT2D eigenvalue weighted by atomic mass is 10.1. The van der Waals surface area contributed by atoms with E-state index in [1.807, 2.05) is 12.1 Å². The Hall–Kier alpha value is -2.95. The molecule has 0 spiro atoms. The minimum absolute atomic E-state index is 0.0736. The van der Waals surface area contributed by atoms with Crippen molar-refractivity contribution in [3.8, 4) is 5.82 Å². The van der Waals surface area contributed by atoms with E-state index in [9.17, 15) is 4.79 Å². The molecule has 0 bridgehead atoms. The summed E-state index contributed by atoms with van der Waals surface area (Å²) < 4.78 is 1.78. The van der Waals surface area contributed by atoms with E-state index in [4.69, 9.17) is 0 Å². The summed E-state index contributed by atoms with van der Waals surface area (Å²) in [4.78, 5) is 20.8. The molecule has 114 valence electrons. The Bertz CT molecular complexity index is 842. The highest BCUT2D eigenvalue weighted by Gasteiger charge is 2.23. The highest BCUT2D eigenvalue weighted by molar-refractivity contribution is 5.94. The zero-order valence-corrected chi connectivity index (χ0v) is 12.5. The second kappa shape index (κ2) is 5.68. The van der Waals surface area contributed by atoms with Crippen LogP contribution in [0.15, 0.2) is 61.3 Å². The standard InChI is InChI=1S/C18H16N4O/c23-18(21-16-6-5-13-3-1-2-4-15(13)16)14-7-8-20-17(11-14)22-10-9-19-12-22/h1-4,7-12,16H,5-6H2,(H,21,23)/t16-/m0/s1. The molecule has 1 N–H and O–H groups in total. The highest BCUT2D eigenvalue weighted by atomic mass is 16.1. The molecule has 1 amide bonds. The topological polar surface area (TPSA) is 59.8 Å². The van der Waals surface area contributed by atoms with Crippen LogP contribution in [0.2, 0.25) is 0 Å². The maximum atomic E-state index is 12.6. The third kappa shape index (κ3) is 2.61. The predicted molar refractivity (Wildman–Crippen MR) is 86.3 cm³/mol. The first-order chi connectivity index (χ1) is 11.3. The minimum atomic E-state index is -0.0736. The molecule has 2 aromatic heterocycles. The lowest BCUT2D eigenvalue weighted by Crippen LogP contribution is -2.27. The van der Waals surface area contributed by atoms with Crippen LogP contribution < -0.4 is 5.32 Å². The number of imidazole rings is 1. The first kappa shape index (κ1) is 13.7. The van der Waals surface area contributed by atoms with Gasteiger partial charge < -0.3 is 5.32 Å². The lowest BCUT2D eigenvalue weighted by molar-refractivity contribution is 0.0936. The Labute approximate surface area is 134 Å². The number of carbonyl (C=O) groups is 1. The first-order valence-electron chi connectivity index (χ1n) is 7.64. The van der Waals surface area contributed by atoms with Crippen molar-refractivity contribution in [3.63, 3.8) is 0 Å². The van der Waals surface area contributed by atoms with E-state index in [0.29, 0.717) is 11.4 Å². The number of fused-ring (bicyclic) bond motifs is 1. The van der Waals surface area contributed by atoms with Crippen LogP contribution in [0.4, 0.5) is 0 Å². The lowest BCUT2D eigenvalue weighted by Gasteiger charge is -2.14. The largest absolute Gasteiger partial charge is 0.345 e. The van der Waals surface area contributed by atoms with E-state index >= 15 is 0 Å². The maximum Gasteiger partial charge on any atom is 0.251 e. The van der Waals surface area contributed by atoms with Gasteiger partial charge in [-0.3, -0.25) is 9.36 Å². The molecule has 3 aromatic rings. The quantitative estimate of drug-likeness (QED) is 0.809. The molecule has 1 atom stereocenters. The van der Waals surface area contributed by atoms with Crippen LogP contribution in [0, 0.1) is 0 Å². The molecule has 0 radical (unpaired) electrons. The monoisotopic (exact) mass is 304 g/mol. The van der Waals surface area contributed by atoms with Gasteiger partial charge in [0.1, 0.15) is 12.1 Å². The molecule has 1 aromatic carbocycles. The second-order valence-electron chi connectivity index (χ2n) is 5.64. The summed E-state index contributed by atoms with van der Waals surface area (Å²) in [6, 6.07) is 11.9. The van der Waals surface area contributed by atoms with Crippen molar-refractivity contribution < 1.29 is 4.79 Å². The number of amides is 1. The van der Waals surface area contributed by atoms with Crippen molar-refractivity contribution in [2.24, 2.45) is 0 Å². The first-order valence-corrected chi connectivity index (χ1v) is 7.64. The fraction of sp³-hybridized carbons (Fsp3) is 0.167. The van der Waals surface area contributed by atoms with Crippen molar-refractivity contribution in [2.75, 3.05) is 0 Å². The van der Waals surface area contributed by atoms with E-state index in [-0.39, 0.29) is 11.9 Å². The number of benzene rings is 1. The maximum absolute atomic E-state index is 12.6. The van der Waals surface area contributed by atoms with Gasteiger partial charge in [0.15, 0.2) is 0 Å². The van der Waals surface area contributed by atoms with Gasteiger partial charge in [-0.1, -0.05) is 24.3 Å². The van der Waals surface area contributed by atoms with Crippen LogP contribution in [-0.4, -0.2) is 20.4 Å². The van der Waals surface area contributed by atoms with Gasteiger partial charge in [-0.15, -0.1) is 0 Å². The van der Waals surface area contributed by atoms with Gasteiger partial charge in [-0.25, -0.2) is 9.97 Å². The fourth-order valence-corrected chi connectivity index (χ4v) is 3.04. The molecule has 0 aliphatic heterocycles. The Balaban J connectivity index is 1.55. The van der Waals surface area contributed by atoms with Crippen molar-refractivity contribution in [1.82, 2.24) is 19.9 Å². The van der Waals surface area contributed by atoms with E-state index in [0.717, 1.165) is 12.8 Å². The summed E-state index contributed by atoms with van der Waals surface area (Å²) in [5.41, 5.74) is 3.16. The van der Waals surface area contributed by atoms with E-state index < -0.39 is 0 Å². The Morgan fingerprint density at radius 3 is 3.00 bits per heavy atom. The number of hydrogen-bond acceptors (Lipinski definition) is 3. The Morgan fingerprint density at radius 1 is 1.22 bits per heavy atom. The van der Waals surface area contributed by atoms with E-state index in [2.05, 4.69) is 27.4 Å². The van der Waals surface area contributed by atoms with Gasteiger partial charge in [0.2, 0.25) is 0 Å². The van der Waals surface area contributed by atoms with Gasteiger partial charge >= 0.3 is 0 Å². The summed E-state index contributed by atoms with van der Waals surface area (Å²) >= 11 is 0. The smallest absolute Gasteiger partial charge is 0.251 e. The van der Waals surface area contributed by atoms with E-state index in [1.54, 1.807) is 41.6 Å². The minimum Gasteiger partial charge on any atom is -0.345 e. The molecule has 2 heterocycles. The summed E-state index contributed by atoms with van der Waals surface area (Å²) in [6.45, 7) is 0. The van der Waals surface area contributed by atoms with Crippen molar-refractivity contribution in [3.05, 3.63) is 78.0 Å². The SMILES string of the molecule is O=C(N[C@H]1CCc2ccccc21)c1ccnc(-n2ccnc2)c1. The molecule has 1 aliphatic rings. The fourth-order valence-electron chi connectivity index (χ4n) is 3.04. The second-order valence-corrected chi connectivity index (χ2v) is 5.64. The molecule has 0 unspecified atom stereocenters. The van der Waals surface area contributed by atoms with Gasteiger partial charge in [0, 0.05) is 24.2 Å². The third-order valence-corrected chi connectivity index (χ3v) is 4.21. The number of pyridine rings is 1. The molecule has 5 nitrogen and oxygen atoms in total. The van der Waals surface area contributed by atoms with Crippen LogP contribution in [-0.2, 0) is 6.42 Å². The molecular formula is C18H16N4O. The zero-order chi connectivity index (χ0) is 15.6. The summed E-state index contributed by atoms with van der Waals surface area (Å²) in [5, 5.41) is 3.13. The zero-order valence-electron chi connectivity index (χ0n) is 12.5. The molecule has 1 aliphatic carbocycles. The molecule has 23 heavy (non-hydrogen) atoms. The van der Waals surface area contributed by atoms with Gasteiger partial charge in [0.05, 0.1) is 6.04 Å². The summed E-state index contributed by atoms with van der Waals surface area (Å²) in [7, 11) is 0. The van der Waals surface area contributed by atoms with Crippen LogP contribution in [0.3, 0.4) is 0 Å². The number of nitrogens with one attached hydrogen (secondary N) is 1. The summed E-state index contributed by atoms with van der Waals surface area (Å²) in [5.74, 6) is 0.609. The Morgan fingerprint density at radius 2 is 2.13 bits per heavy atom. The van der Waals surface area contributed by atoms with Gasteiger partial charge in [-0.2, -0.15) is 0 Å². The molecular weight excluding hydrogens is 288 g/mol. The Kier molecular flexibility index (Phi) is 3.38. The predicted octanol–water partition coefficient (Wildman–Crippen LogP) is 2.68. The molecule has 0 saturated carbocycles. The van der Waals surface area contributed by atoms with Crippen molar-refractivity contribution in [1.29, 1.82) is 0 Å². The van der Waals surface area contributed by atoms with Crippen LogP contribution in [0.5, 0.6) is 0 Å². The van der Waals surface area contributed by atoms with Crippen molar-refractivity contribution in [2.45, 2.75) is 18.9 Å². The van der Waals surface area contributed by atoms with E-state index in [1.165, 1.54) is 11.1 Å². The van der Waals surface area contributed by atoms with Gasteiger partial charge in [-0.05, 0) is 36.1 Å². The van der Waals surface area contributed by atoms with Crippen LogP contribution in [0.25, 0.3) is 5.82 Å². The average molecular weight is 304 g/mol. The number of rotatable bonds is 3. The molecule has 4 rings (SSSR count). The number of hydrogen-bond donors (Lipinski definition) is 1.